The second-order valence-corrected chi connectivity index (χ2v) is 6.17. The van der Waals surface area contributed by atoms with Gasteiger partial charge in [-0.3, -0.25) is 19.8 Å². The van der Waals surface area contributed by atoms with Gasteiger partial charge in [0.1, 0.15) is 5.84 Å². The number of benzene rings is 1. The molecular weight excluding hydrogens is 290 g/mol. The summed E-state index contributed by atoms with van der Waals surface area (Å²) in [6.45, 7) is 5.99. The summed E-state index contributed by atoms with van der Waals surface area (Å²) in [5, 5.41) is 2.76. The van der Waals surface area contributed by atoms with E-state index in [1.807, 2.05) is 20.8 Å². The van der Waals surface area contributed by atoms with Gasteiger partial charge < -0.3 is 11.1 Å². The van der Waals surface area contributed by atoms with Crippen molar-refractivity contribution in [3.8, 4) is 0 Å². The molecule has 0 atom stereocenters. The zero-order valence-corrected chi connectivity index (χ0v) is 13.8. The number of nitrogens with one attached hydrogen (secondary N) is 1. The number of carbonyl (C=O) groups excluding carboxylic acids is 1. The summed E-state index contributed by atoms with van der Waals surface area (Å²) >= 11 is 0. The first-order valence-corrected chi connectivity index (χ1v) is 7.28. The van der Waals surface area contributed by atoms with Crippen LogP contribution in [0.25, 0.3) is 11.0 Å². The molecule has 0 aliphatic carbocycles. The summed E-state index contributed by atoms with van der Waals surface area (Å²) in [7, 11) is 1.61. The van der Waals surface area contributed by atoms with Crippen molar-refractivity contribution in [2.24, 2.45) is 16.1 Å². The molecule has 1 amide bonds. The Morgan fingerprint density at radius 3 is 2.48 bits per heavy atom. The van der Waals surface area contributed by atoms with E-state index in [-0.39, 0.29) is 11.3 Å². The average Bonchev–Trinajstić information content (AvgIpc) is 2.52. The Morgan fingerprint density at radius 1 is 1.22 bits per heavy atom. The molecule has 0 bridgehead atoms. The quantitative estimate of drug-likeness (QED) is 0.657. The van der Waals surface area contributed by atoms with Gasteiger partial charge in [0.15, 0.2) is 0 Å². The van der Waals surface area contributed by atoms with Gasteiger partial charge in [0.05, 0.1) is 11.0 Å². The molecule has 0 aliphatic rings. The maximum absolute atomic E-state index is 12.4. The number of carbonyl (C=O) groups is 1. The van der Waals surface area contributed by atoms with Crippen molar-refractivity contribution >= 4 is 22.8 Å². The molecule has 1 aromatic heterocycles. The van der Waals surface area contributed by atoms with Gasteiger partial charge in [0.25, 0.3) is 5.91 Å². The summed E-state index contributed by atoms with van der Waals surface area (Å²) in [5.41, 5.74) is 8.37. The molecule has 0 saturated heterocycles. The van der Waals surface area contributed by atoms with Crippen LogP contribution in [0.3, 0.4) is 0 Å². The molecule has 23 heavy (non-hydrogen) atoms. The molecule has 1 aromatic carbocycles. The number of hydrogen-bond donors (Lipinski definition) is 2. The van der Waals surface area contributed by atoms with Gasteiger partial charge >= 0.3 is 0 Å². The Morgan fingerprint density at radius 2 is 1.87 bits per heavy atom. The normalized spacial score (nSPS) is 13.2. The van der Waals surface area contributed by atoms with Crippen molar-refractivity contribution < 1.29 is 4.79 Å². The highest BCUT2D eigenvalue weighted by Crippen LogP contribution is 2.20. The first-order valence-electron chi connectivity index (χ1n) is 7.28. The Hall–Kier alpha value is -2.76. The van der Waals surface area contributed by atoms with Crippen molar-refractivity contribution in [2.45, 2.75) is 20.8 Å². The molecule has 0 saturated carbocycles. The minimum absolute atomic E-state index is 0.195. The summed E-state index contributed by atoms with van der Waals surface area (Å²) in [4.78, 5) is 24.8. The zero-order valence-electron chi connectivity index (χ0n) is 13.8. The maximum Gasteiger partial charge on any atom is 0.256 e. The van der Waals surface area contributed by atoms with E-state index in [1.165, 1.54) is 0 Å². The van der Waals surface area contributed by atoms with Crippen LogP contribution < -0.4 is 11.1 Å². The lowest BCUT2D eigenvalue weighted by molar-refractivity contribution is 0.0977. The molecule has 3 N–H and O–H groups in total. The lowest BCUT2D eigenvalue weighted by atomic mass is 9.92. The molecular formula is C17H21N5O. The second kappa shape index (κ2) is 6.56. The number of aromatic nitrogens is 2. The number of rotatable bonds is 2. The molecule has 6 heteroatoms. The molecule has 120 valence electrons. The number of nitrogens with two attached hydrogens (primary N) is 1. The molecule has 0 aliphatic heterocycles. The third-order valence-electron chi connectivity index (χ3n) is 3.37. The number of amides is 1. The zero-order chi connectivity index (χ0) is 17.0. The van der Waals surface area contributed by atoms with Crippen molar-refractivity contribution in [2.75, 3.05) is 7.05 Å². The molecule has 2 rings (SSSR count). The lowest BCUT2D eigenvalue weighted by Crippen LogP contribution is -2.31. The van der Waals surface area contributed by atoms with Crippen LogP contribution >= 0.6 is 0 Å². The monoisotopic (exact) mass is 311 g/mol. The Labute approximate surface area is 135 Å². The molecule has 0 spiro atoms. The van der Waals surface area contributed by atoms with Crippen molar-refractivity contribution in [3.63, 3.8) is 0 Å². The van der Waals surface area contributed by atoms with Crippen molar-refractivity contribution in [1.82, 2.24) is 15.3 Å². The van der Waals surface area contributed by atoms with E-state index in [9.17, 15) is 4.79 Å². The smallest absolute Gasteiger partial charge is 0.256 e. The predicted octanol–water partition coefficient (Wildman–Crippen LogP) is 2.28. The summed E-state index contributed by atoms with van der Waals surface area (Å²) < 4.78 is 0. The number of nitrogens with zero attached hydrogens (tertiary/aromatic N) is 3. The van der Waals surface area contributed by atoms with Crippen LogP contribution in [0, 0.1) is 5.41 Å². The van der Waals surface area contributed by atoms with E-state index in [4.69, 9.17) is 5.73 Å². The van der Waals surface area contributed by atoms with E-state index in [1.54, 1.807) is 43.7 Å². The Kier molecular flexibility index (Phi) is 4.74. The van der Waals surface area contributed by atoms with Gasteiger partial charge in [-0.05, 0) is 24.3 Å². The largest absolute Gasteiger partial charge is 0.401 e. The minimum atomic E-state index is -0.267. The first-order chi connectivity index (χ1) is 10.8. The van der Waals surface area contributed by atoms with E-state index in [0.29, 0.717) is 22.6 Å². The molecule has 1 heterocycles. The predicted molar refractivity (Wildman–Crippen MR) is 92.1 cm³/mol. The minimum Gasteiger partial charge on any atom is -0.401 e. The van der Waals surface area contributed by atoms with E-state index >= 15 is 0 Å². The molecule has 6 nitrogen and oxygen atoms in total. The van der Waals surface area contributed by atoms with Crippen LogP contribution in [0.2, 0.25) is 0 Å². The second-order valence-electron chi connectivity index (χ2n) is 6.17. The fraction of sp³-hybridized carbons (Fsp3) is 0.294. The van der Waals surface area contributed by atoms with Crippen LogP contribution in [0.15, 0.2) is 47.4 Å². The van der Waals surface area contributed by atoms with Crippen LogP contribution in [0.1, 0.15) is 31.1 Å². The van der Waals surface area contributed by atoms with Gasteiger partial charge in [-0.25, -0.2) is 0 Å². The van der Waals surface area contributed by atoms with E-state index in [2.05, 4.69) is 20.3 Å². The van der Waals surface area contributed by atoms with Gasteiger partial charge in [-0.2, -0.15) is 0 Å². The lowest BCUT2D eigenvalue weighted by Gasteiger charge is -2.19. The van der Waals surface area contributed by atoms with Gasteiger partial charge in [0.2, 0.25) is 0 Å². The summed E-state index contributed by atoms with van der Waals surface area (Å²) in [6, 6.07) is 5.16. The SMILES string of the molecule is CN=C(/C=C(\N)C(C)(C)C)NC(=O)c1ccc2nccnc2c1. The number of aliphatic imine (C=N–C) groups is 1. The Balaban J connectivity index is 2.22. The van der Waals surface area contributed by atoms with Crippen molar-refractivity contribution in [3.05, 3.63) is 47.9 Å². The highest BCUT2D eigenvalue weighted by atomic mass is 16.1. The fourth-order valence-corrected chi connectivity index (χ4v) is 1.81. The Bertz CT molecular complexity index is 787. The molecule has 0 fully saturated rings. The third-order valence-corrected chi connectivity index (χ3v) is 3.37. The number of hydrogen-bond acceptors (Lipinski definition) is 5. The molecule has 0 unspecified atom stereocenters. The van der Waals surface area contributed by atoms with Crippen LogP contribution in [-0.4, -0.2) is 28.8 Å². The fourth-order valence-electron chi connectivity index (χ4n) is 1.81. The number of fused-ring (bicyclic) bond motifs is 1. The van der Waals surface area contributed by atoms with E-state index < -0.39 is 0 Å². The van der Waals surface area contributed by atoms with Crippen LogP contribution in [-0.2, 0) is 0 Å². The van der Waals surface area contributed by atoms with Crippen LogP contribution in [0.5, 0.6) is 0 Å². The third kappa shape index (κ3) is 4.12. The van der Waals surface area contributed by atoms with Gasteiger partial charge in [-0.15, -0.1) is 0 Å². The average molecular weight is 311 g/mol. The van der Waals surface area contributed by atoms with Gasteiger partial charge in [0, 0.05) is 36.1 Å². The van der Waals surface area contributed by atoms with Crippen LogP contribution in [0.4, 0.5) is 0 Å². The number of allylic oxidation sites excluding steroid dienone is 1. The first kappa shape index (κ1) is 16.6. The summed E-state index contributed by atoms with van der Waals surface area (Å²) in [5.74, 6) is 0.151. The topological polar surface area (TPSA) is 93.3 Å². The molecule has 2 aromatic rings. The van der Waals surface area contributed by atoms with E-state index in [0.717, 1.165) is 5.52 Å². The summed E-state index contributed by atoms with van der Waals surface area (Å²) in [6.07, 6.45) is 4.89. The van der Waals surface area contributed by atoms with Gasteiger partial charge in [-0.1, -0.05) is 20.8 Å². The van der Waals surface area contributed by atoms with Crippen molar-refractivity contribution in [1.29, 1.82) is 0 Å². The highest BCUT2D eigenvalue weighted by molar-refractivity contribution is 6.11. The highest BCUT2D eigenvalue weighted by Gasteiger charge is 2.15. The maximum atomic E-state index is 12.4. The standard InChI is InChI=1S/C17H21N5O/c1-17(2,3)14(18)10-15(19-4)22-16(23)11-5-6-12-13(9-11)21-8-7-20-12/h5-10H,18H2,1-4H3,(H,19,22,23)/b14-10-. The molecule has 0 radical (unpaired) electrons. The number of amidine groups is 1.